The summed E-state index contributed by atoms with van der Waals surface area (Å²) in [5.74, 6) is 0.622. The van der Waals surface area contributed by atoms with Gasteiger partial charge in [-0.1, -0.05) is 12.1 Å². The fraction of sp³-hybridized carbons (Fsp3) is 0.240. The van der Waals surface area contributed by atoms with Crippen LogP contribution in [0.3, 0.4) is 0 Å². The summed E-state index contributed by atoms with van der Waals surface area (Å²) in [7, 11) is 0. The summed E-state index contributed by atoms with van der Waals surface area (Å²) in [5.41, 5.74) is 3.77. The van der Waals surface area contributed by atoms with Crippen LogP contribution in [0.2, 0.25) is 0 Å². The van der Waals surface area contributed by atoms with E-state index in [1.807, 2.05) is 30.3 Å². The minimum atomic E-state index is -0.211. The van der Waals surface area contributed by atoms with Crippen LogP contribution in [0.25, 0.3) is 22.2 Å². The smallest absolute Gasteiger partial charge is 0.257 e. The molecule has 0 atom stereocenters. The van der Waals surface area contributed by atoms with E-state index >= 15 is 0 Å². The minimum absolute atomic E-state index is 0. The summed E-state index contributed by atoms with van der Waals surface area (Å²) in [6.07, 6.45) is 6.76. The molecule has 9 heteroatoms. The number of H-pyrrole nitrogens is 1. The molecule has 176 valence electrons. The molecule has 8 nitrogen and oxygen atoms in total. The summed E-state index contributed by atoms with van der Waals surface area (Å²) in [6, 6.07) is 13.5. The largest absolute Gasteiger partial charge is 0.492 e. The van der Waals surface area contributed by atoms with Gasteiger partial charge in [0.2, 0.25) is 0 Å². The summed E-state index contributed by atoms with van der Waals surface area (Å²) >= 11 is 0. The van der Waals surface area contributed by atoms with Crippen LogP contribution in [0.5, 0.6) is 5.75 Å². The van der Waals surface area contributed by atoms with Gasteiger partial charge in [-0.3, -0.25) is 14.7 Å². The van der Waals surface area contributed by atoms with Crippen LogP contribution in [0.15, 0.2) is 67.3 Å². The second kappa shape index (κ2) is 11.1. The first-order valence-electron chi connectivity index (χ1n) is 11.0. The lowest BCUT2D eigenvalue weighted by molar-refractivity contribution is 0.0322. The highest BCUT2D eigenvalue weighted by Gasteiger charge is 2.14. The van der Waals surface area contributed by atoms with Gasteiger partial charge in [0.25, 0.3) is 5.91 Å². The number of nitrogens with one attached hydrogen (secondary N) is 2. The fourth-order valence-corrected chi connectivity index (χ4v) is 3.85. The molecule has 4 heterocycles. The number of aromatic amines is 1. The van der Waals surface area contributed by atoms with Crippen LogP contribution in [0.1, 0.15) is 10.4 Å². The normalized spacial score (nSPS) is 13.9. The van der Waals surface area contributed by atoms with E-state index in [9.17, 15) is 4.79 Å². The molecule has 5 rings (SSSR count). The van der Waals surface area contributed by atoms with Crippen molar-refractivity contribution in [3.63, 3.8) is 0 Å². The molecule has 0 unspecified atom stereocenters. The van der Waals surface area contributed by atoms with Crippen LogP contribution in [0, 0.1) is 0 Å². The highest BCUT2D eigenvalue weighted by Crippen LogP contribution is 2.27. The summed E-state index contributed by atoms with van der Waals surface area (Å²) in [5, 5.41) is 3.63. The van der Waals surface area contributed by atoms with Crippen molar-refractivity contribution in [1.82, 2.24) is 19.9 Å². The van der Waals surface area contributed by atoms with Crippen molar-refractivity contribution < 1.29 is 14.3 Å². The molecule has 0 saturated carbocycles. The molecule has 1 fully saturated rings. The number of nitrogens with zero attached hydrogens (tertiary/aromatic N) is 3. The van der Waals surface area contributed by atoms with Crippen molar-refractivity contribution in [2.24, 2.45) is 0 Å². The molecule has 1 saturated heterocycles. The molecule has 1 aliphatic heterocycles. The number of hydrogen-bond donors (Lipinski definition) is 2. The Balaban J connectivity index is 0.00000274. The molecule has 2 N–H and O–H groups in total. The van der Waals surface area contributed by atoms with Gasteiger partial charge in [0, 0.05) is 49.2 Å². The zero-order valence-corrected chi connectivity index (χ0v) is 19.4. The molecule has 0 aliphatic carbocycles. The van der Waals surface area contributed by atoms with Crippen molar-refractivity contribution >= 4 is 35.0 Å². The number of morpholine rings is 1. The van der Waals surface area contributed by atoms with Crippen molar-refractivity contribution in [3.05, 3.63) is 72.8 Å². The molecule has 1 aromatic carbocycles. The van der Waals surface area contributed by atoms with Gasteiger partial charge in [-0.15, -0.1) is 12.4 Å². The van der Waals surface area contributed by atoms with Gasteiger partial charge in [-0.05, 0) is 35.9 Å². The monoisotopic (exact) mass is 479 g/mol. The van der Waals surface area contributed by atoms with E-state index in [0.29, 0.717) is 23.5 Å². The lowest BCUT2D eigenvalue weighted by Crippen LogP contribution is -2.38. The minimum Gasteiger partial charge on any atom is -0.492 e. The second-order valence-electron chi connectivity index (χ2n) is 7.85. The average Bonchev–Trinajstić information content (AvgIpc) is 3.29. The van der Waals surface area contributed by atoms with Gasteiger partial charge >= 0.3 is 0 Å². The maximum Gasteiger partial charge on any atom is 0.257 e. The quantitative estimate of drug-likeness (QED) is 0.416. The molecular formula is C25H26ClN5O3. The van der Waals surface area contributed by atoms with Crippen LogP contribution in [-0.2, 0) is 4.74 Å². The zero-order chi connectivity index (χ0) is 22.5. The summed E-state index contributed by atoms with van der Waals surface area (Å²) in [6.45, 7) is 5.04. The molecule has 0 bridgehead atoms. The number of anilines is 1. The van der Waals surface area contributed by atoms with Crippen molar-refractivity contribution in [3.8, 4) is 16.9 Å². The van der Waals surface area contributed by atoms with Crippen LogP contribution >= 0.6 is 12.4 Å². The Morgan fingerprint density at radius 3 is 2.71 bits per heavy atom. The first kappa shape index (κ1) is 23.7. The van der Waals surface area contributed by atoms with E-state index in [2.05, 4.69) is 25.2 Å². The van der Waals surface area contributed by atoms with Gasteiger partial charge in [0.15, 0.2) is 0 Å². The number of amides is 1. The predicted octanol–water partition coefficient (Wildman–Crippen LogP) is 4.01. The van der Waals surface area contributed by atoms with Crippen molar-refractivity contribution in [2.75, 3.05) is 44.8 Å². The number of benzene rings is 1. The van der Waals surface area contributed by atoms with Gasteiger partial charge in [0.1, 0.15) is 18.0 Å². The number of rotatable bonds is 7. The Bertz CT molecular complexity index is 1220. The highest BCUT2D eigenvalue weighted by atomic mass is 35.5. The Morgan fingerprint density at radius 2 is 1.94 bits per heavy atom. The molecule has 1 amide bonds. The average molecular weight is 480 g/mol. The lowest BCUT2D eigenvalue weighted by atomic mass is 10.1. The second-order valence-corrected chi connectivity index (χ2v) is 7.85. The van der Waals surface area contributed by atoms with E-state index in [1.54, 1.807) is 36.9 Å². The molecule has 3 aromatic heterocycles. The lowest BCUT2D eigenvalue weighted by Gasteiger charge is -2.26. The number of aromatic nitrogens is 3. The van der Waals surface area contributed by atoms with Gasteiger partial charge in [-0.2, -0.15) is 0 Å². The molecule has 0 radical (unpaired) electrons. The Labute approximate surface area is 203 Å². The number of carbonyl (C=O) groups excluding carboxylic acids is 1. The predicted molar refractivity (Wildman–Crippen MR) is 134 cm³/mol. The maximum atomic E-state index is 12.8. The van der Waals surface area contributed by atoms with Gasteiger partial charge in [-0.25, -0.2) is 4.98 Å². The standard InChI is InChI=1S/C25H25N5O3.ClH/c31-25(29-20-2-1-7-26-16-20)23-17-28-24-22(23)14-19(15-27-24)18-3-5-21(6-4-18)33-13-10-30-8-11-32-12-9-30;/h1-7,14-17H,8-13H2,(H,27,28)(H,29,31);1H. The number of ether oxygens (including phenoxy) is 2. The number of carbonyl (C=O) groups is 1. The first-order chi connectivity index (χ1) is 16.3. The Morgan fingerprint density at radius 1 is 1.12 bits per heavy atom. The zero-order valence-electron chi connectivity index (χ0n) is 18.6. The van der Waals surface area contributed by atoms with E-state index in [-0.39, 0.29) is 18.3 Å². The third kappa shape index (κ3) is 5.53. The molecule has 34 heavy (non-hydrogen) atoms. The number of fused-ring (bicyclic) bond motifs is 1. The number of pyridine rings is 2. The number of hydrogen-bond acceptors (Lipinski definition) is 6. The van der Waals surface area contributed by atoms with Crippen LogP contribution in [-0.4, -0.2) is 65.2 Å². The molecule has 0 spiro atoms. The topological polar surface area (TPSA) is 92.4 Å². The Kier molecular flexibility index (Phi) is 7.74. The SMILES string of the molecule is Cl.O=C(Nc1cccnc1)c1c[nH]c2ncc(-c3ccc(OCCN4CCOCC4)cc3)cc12. The van der Waals surface area contributed by atoms with Crippen LogP contribution in [0.4, 0.5) is 5.69 Å². The fourth-order valence-electron chi connectivity index (χ4n) is 3.85. The Hall–Kier alpha value is -3.46. The van der Waals surface area contributed by atoms with E-state index < -0.39 is 0 Å². The maximum absolute atomic E-state index is 12.8. The highest BCUT2D eigenvalue weighted by molar-refractivity contribution is 6.12. The van der Waals surface area contributed by atoms with Gasteiger partial charge < -0.3 is 19.8 Å². The van der Waals surface area contributed by atoms with Crippen LogP contribution < -0.4 is 10.1 Å². The molecular weight excluding hydrogens is 454 g/mol. The third-order valence-electron chi connectivity index (χ3n) is 5.66. The molecule has 1 aliphatic rings. The summed E-state index contributed by atoms with van der Waals surface area (Å²) < 4.78 is 11.3. The van der Waals surface area contributed by atoms with Gasteiger partial charge in [0.05, 0.1) is 30.7 Å². The van der Waals surface area contributed by atoms with E-state index in [1.165, 1.54) is 0 Å². The number of halogens is 1. The van der Waals surface area contributed by atoms with Crippen molar-refractivity contribution in [1.29, 1.82) is 0 Å². The summed E-state index contributed by atoms with van der Waals surface area (Å²) in [4.78, 5) is 26.7. The third-order valence-corrected chi connectivity index (χ3v) is 5.66. The molecule has 4 aromatic rings. The van der Waals surface area contributed by atoms with E-state index in [4.69, 9.17) is 9.47 Å². The van der Waals surface area contributed by atoms with E-state index in [0.717, 1.165) is 55.1 Å². The van der Waals surface area contributed by atoms with Crippen molar-refractivity contribution in [2.45, 2.75) is 0 Å². The first-order valence-corrected chi connectivity index (χ1v) is 11.0.